The summed E-state index contributed by atoms with van der Waals surface area (Å²) in [5.41, 5.74) is 9.84. The molecule has 1 aromatic carbocycles. The highest BCUT2D eigenvalue weighted by molar-refractivity contribution is 5.88. The number of fused-ring (bicyclic) bond motifs is 3. The van der Waals surface area contributed by atoms with E-state index in [1.54, 1.807) is 6.20 Å². The zero-order valence-corrected chi connectivity index (χ0v) is 14.0. The van der Waals surface area contributed by atoms with Crippen molar-refractivity contribution in [2.45, 2.75) is 34.6 Å². The number of aromatic nitrogens is 5. The molecule has 0 aliphatic heterocycles. The number of H-pyrrole nitrogens is 1. The molecular formula is C18H19N5. The zero-order valence-electron chi connectivity index (χ0n) is 14.0. The molecule has 23 heavy (non-hydrogen) atoms. The van der Waals surface area contributed by atoms with Gasteiger partial charge in [0.05, 0.1) is 28.5 Å². The van der Waals surface area contributed by atoms with E-state index in [0.717, 1.165) is 33.6 Å². The average Bonchev–Trinajstić information content (AvgIpc) is 3.05. The topological polar surface area (TPSA) is 58.9 Å². The second kappa shape index (κ2) is 4.65. The van der Waals surface area contributed by atoms with Crippen LogP contribution in [0.25, 0.3) is 27.8 Å². The van der Waals surface area contributed by atoms with Gasteiger partial charge < -0.3 is 0 Å². The highest BCUT2D eigenvalue weighted by Gasteiger charge is 2.19. The monoisotopic (exact) mass is 305 g/mol. The van der Waals surface area contributed by atoms with Crippen molar-refractivity contribution in [2.75, 3.05) is 0 Å². The Hall–Kier alpha value is -2.69. The van der Waals surface area contributed by atoms with Crippen LogP contribution < -0.4 is 0 Å². The molecule has 0 saturated carbocycles. The summed E-state index contributed by atoms with van der Waals surface area (Å²) in [5, 5.41) is 12.9. The molecule has 0 aliphatic carbocycles. The summed E-state index contributed by atoms with van der Waals surface area (Å²) in [7, 11) is 0. The number of rotatable bonds is 1. The van der Waals surface area contributed by atoms with E-state index in [9.17, 15) is 0 Å². The molecule has 0 unspecified atom stereocenters. The summed E-state index contributed by atoms with van der Waals surface area (Å²) in [5.74, 6) is 0. The van der Waals surface area contributed by atoms with Gasteiger partial charge in [0.1, 0.15) is 0 Å². The largest absolute Gasteiger partial charge is 0.261 e. The first kappa shape index (κ1) is 13.9. The van der Waals surface area contributed by atoms with Crippen LogP contribution in [0, 0.1) is 34.6 Å². The number of aromatic amines is 1. The van der Waals surface area contributed by atoms with Gasteiger partial charge in [-0.05, 0) is 51.3 Å². The van der Waals surface area contributed by atoms with Crippen molar-refractivity contribution in [3.05, 3.63) is 46.4 Å². The van der Waals surface area contributed by atoms with Gasteiger partial charge in [-0.3, -0.25) is 5.10 Å². The lowest BCUT2D eigenvalue weighted by atomic mass is 9.94. The maximum absolute atomic E-state index is 4.82. The maximum atomic E-state index is 4.82. The molecule has 5 nitrogen and oxygen atoms in total. The first-order chi connectivity index (χ1) is 11.0. The quantitative estimate of drug-likeness (QED) is 0.581. The summed E-state index contributed by atoms with van der Waals surface area (Å²) in [6.45, 7) is 10.5. The predicted molar refractivity (Wildman–Crippen MR) is 91.8 cm³/mol. The highest BCUT2D eigenvalue weighted by Crippen LogP contribution is 2.34. The van der Waals surface area contributed by atoms with Crippen molar-refractivity contribution in [2.24, 2.45) is 0 Å². The Labute approximate surface area is 134 Å². The standard InChI is InChI=1S/C18H19N5/c1-9-6-10(2)15(11(3)7-9)16-13(5)22-23-17-14(8-19-21-17)12(4)20-18(16)23/h6-8H,1-5H3,(H,19,21). The van der Waals surface area contributed by atoms with Gasteiger partial charge in [0, 0.05) is 0 Å². The molecule has 4 rings (SSSR count). The van der Waals surface area contributed by atoms with Crippen LogP contribution in [0.3, 0.4) is 0 Å². The lowest BCUT2D eigenvalue weighted by Gasteiger charge is -2.11. The van der Waals surface area contributed by atoms with Gasteiger partial charge in [-0.15, -0.1) is 0 Å². The van der Waals surface area contributed by atoms with Crippen LogP contribution in [0.2, 0.25) is 0 Å². The Morgan fingerprint density at radius 2 is 1.61 bits per heavy atom. The van der Waals surface area contributed by atoms with Crippen molar-refractivity contribution in [3.63, 3.8) is 0 Å². The van der Waals surface area contributed by atoms with Crippen molar-refractivity contribution in [1.29, 1.82) is 0 Å². The number of hydrogen-bond acceptors (Lipinski definition) is 3. The molecule has 0 atom stereocenters. The zero-order chi connectivity index (χ0) is 16.3. The Bertz CT molecular complexity index is 1050. The molecule has 0 amide bonds. The Balaban J connectivity index is 2.17. The summed E-state index contributed by atoms with van der Waals surface area (Å²) in [6.07, 6.45) is 1.80. The number of benzene rings is 1. The average molecular weight is 305 g/mol. The van der Waals surface area contributed by atoms with E-state index in [1.807, 2.05) is 18.4 Å². The number of hydrogen-bond donors (Lipinski definition) is 1. The van der Waals surface area contributed by atoms with Gasteiger partial charge in [-0.2, -0.15) is 14.7 Å². The van der Waals surface area contributed by atoms with Crippen LogP contribution in [0.4, 0.5) is 0 Å². The molecule has 5 heteroatoms. The van der Waals surface area contributed by atoms with Crippen LogP contribution in [-0.2, 0) is 0 Å². The smallest absolute Gasteiger partial charge is 0.165 e. The molecule has 0 bridgehead atoms. The van der Waals surface area contributed by atoms with E-state index in [4.69, 9.17) is 10.1 Å². The normalized spacial score (nSPS) is 11.7. The molecule has 116 valence electrons. The van der Waals surface area contributed by atoms with E-state index in [0.29, 0.717) is 0 Å². The maximum Gasteiger partial charge on any atom is 0.165 e. The lowest BCUT2D eigenvalue weighted by molar-refractivity contribution is 0.925. The van der Waals surface area contributed by atoms with Crippen LogP contribution in [-0.4, -0.2) is 24.8 Å². The lowest BCUT2D eigenvalue weighted by Crippen LogP contribution is -1.97. The summed E-state index contributed by atoms with van der Waals surface area (Å²) < 4.78 is 1.87. The van der Waals surface area contributed by atoms with E-state index in [1.165, 1.54) is 22.3 Å². The minimum absolute atomic E-state index is 0.881. The van der Waals surface area contributed by atoms with E-state index in [-0.39, 0.29) is 0 Å². The van der Waals surface area contributed by atoms with Crippen LogP contribution >= 0.6 is 0 Å². The Morgan fingerprint density at radius 1 is 0.913 bits per heavy atom. The SMILES string of the molecule is Cc1cc(C)c(-c2c(C)nn3c2nc(C)c2cn[nH]c23)c(C)c1. The van der Waals surface area contributed by atoms with Gasteiger partial charge in [0.2, 0.25) is 0 Å². The van der Waals surface area contributed by atoms with Crippen molar-refractivity contribution in [3.8, 4) is 11.1 Å². The van der Waals surface area contributed by atoms with E-state index in [2.05, 4.69) is 43.1 Å². The van der Waals surface area contributed by atoms with E-state index >= 15 is 0 Å². The predicted octanol–water partition coefficient (Wildman–Crippen LogP) is 3.81. The van der Waals surface area contributed by atoms with Gasteiger partial charge in [-0.25, -0.2) is 4.98 Å². The van der Waals surface area contributed by atoms with Gasteiger partial charge in [-0.1, -0.05) is 17.7 Å². The van der Waals surface area contributed by atoms with Crippen molar-refractivity contribution < 1.29 is 0 Å². The molecule has 0 radical (unpaired) electrons. The minimum atomic E-state index is 0.881. The molecule has 4 aromatic rings. The number of aryl methyl sites for hydroxylation is 5. The summed E-state index contributed by atoms with van der Waals surface area (Å²) in [6, 6.07) is 4.43. The van der Waals surface area contributed by atoms with Crippen LogP contribution in [0.1, 0.15) is 28.1 Å². The second-order valence-electron chi connectivity index (χ2n) is 6.30. The van der Waals surface area contributed by atoms with Crippen molar-refractivity contribution >= 4 is 16.7 Å². The molecule has 0 saturated heterocycles. The second-order valence-corrected chi connectivity index (χ2v) is 6.30. The third kappa shape index (κ3) is 1.89. The molecule has 0 fully saturated rings. The third-order valence-corrected chi connectivity index (χ3v) is 4.46. The van der Waals surface area contributed by atoms with Gasteiger partial charge in [0.15, 0.2) is 11.3 Å². The molecule has 3 aromatic heterocycles. The Kier molecular flexibility index (Phi) is 2.82. The van der Waals surface area contributed by atoms with Crippen LogP contribution in [0.5, 0.6) is 0 Å². The fourth-order valence-electron chi connectivity index (χ4n) is 3.57. The molecule has 3 heterocycles. The molecule has 0 aliphatic rings. The molecule has 1 N–H and O–H groups in total. The van der Waals surface area contributed by atoms with Crippen molar-refractivity contribution in [1.82, 2.24) is 24.8 Å². The third-order valence-electron chi connectivity index (χ3n) is 4.46. The highest BCUT2D eigenvalue weighted by atomic mass is 15.3. The molecular weight excluding hydrogens is 286 g/mol. The summed E-state index contributed by atoms with van der Waals surface area (Å²) >= 11 is 0. The fraction of sp³-hybridized carbons (Fsp3) is 0.278. The Morgan fingerprint density at radius 3 is 2.30 bits per heavy atom. The summed E-state index contributed by atoms with van der Waals surface area (Å²) in [4.78, 5) is 4.82. The minimum Gasteiger partial charge on any atom is -0.261 e. The van der Waals surface area contributed by atoms with E-state index < -0.39 is 0 Å². The van der Waals surface area contributed by atoms with Gasteiger partial charge >= 0.3 is 0 Å². The van der Waals surface area contributed by atoms with Gasteiger partial charge in [0.25, 0.3) is 0 Å². The fourth-order valence-corrected chi connectivity index (χ4v) is 3.57. The van der Waals surface area contributed by atoms with Crippen LogP contribution in [0.15, 0.2) is 18.3 Å². The first-order valence-electron chi connectivity index (χ1n) is 7.74. The number of nitrogens with zero attached hydrogens (tertiary/aromatic N) is 4. The molecule has 0 spiro atoms. The first-order valence-corrected chi connectivity index (χ1v) is 7.74. The number of nitrogens with one attached hydrogen (secondary N) is 1.